The van der Waals surface area contributed by atoms with E-state index >= 15 is 0 Å². The highest BCUT2D eigenvalue weighted by Crippen LogP contribution is 2.21. The van der Waals surface area contributed by atoms with Gasteiger partial charge in [-0.15, -0.1) is 0 Å². The molecule has 0 saturated carbocycles. The fraction of sp³-hybridized carbons (Fsp3) is 0.917. The molecule has 0 aromatic heterocycles. The van der Waals surface area contributed by atoms with Crippen LogP contribution in [-0.2, 0) is 9.53 Å². The summed E-state index contributed by atoms with van der Waals surface area (Å²) in [7, 11) is 0. The molecule has 2 saturated heterocycles. The lowest BCUT2D eigenvalue weighted by atomic mass is 9.98. The highest BCUT2D eigenvalue weighted by molar-refractivity contribution is 5.82. The van der Waals surface area contributed by atoms with Crippen LogP contribution in [0.1, 0.15) is 33.1 Å². The number of morpholine rings is 1. The molecule has 0 aliphatic carbocycles. The Hall–Kier alpha value is -0.610. The van der Waals surface area contributed by atoms with Crippen LogP contribution in [-0.4, -0.2) is 48.7 Å². The van der Waals surface area contributed by atoms with Crippen LogP contribution in [0.4, 0.5) is 0 Å². The number of amides is 1. The van der Waals surface area contributed by atoms with Gasteiger partial charge in [0.2, 0.25) is 5.91 Å². The molecule has 4 nitrogen and oxygen atoms in total. The molecule has 2 heterocycles. The first kappa shape index (κ1) is 11.9. The second kappa shape index (κ2) is 4.72. The molecule has 0 spiro atoms. The monoisotopic (exact) mass is 226 g/mol. The molecule has 2 rings (SSSR count). The minimum absolute atomic E-state index is 0.0334. The van der Waals surface area contributed by atoms with Crippen LogP contribution in [0.3, 0.4) is 0 Å². The number of carbonyl (C=O) groups is 1. The number of ether oxygens (including phenoxy) is 1. The number of hydrogen-bond acceptors (Lipinski definition) is 3. The van der Waals surface area contributed by atoms with Crippen molar-refractivity contribution in [3.8, 4) is 0 Å². The van der Waals surface area contributed by atoms with Gasteiger partial charge < -0.3 is 15.0 Å². The largest absolute Gasteiger partial charge is 0.377 e. The number of rotatable bonds is 1. The molecule has 1 amide bonds. The predicted octanol–water partition coefficient (Wildman–Crippen LogP) is 0.766. The molecule has 4 heteroatoms. The van der Waals surface area contributed by atoms with Crippen molar-refractivity contribution < 1.29 is 9.53 Å². The molecule has 0 bridgehead atoms. The number of nitrogens with zero attached hydrogens (tertiary/aromatic N) is 1. The average Bonchev–Trinajstić information content (AvgIpc) is 2.29. The van der Waals surface area contributed by atoms with Gasteiger partial charge in [0, 0.05) is 6.54 Å². The zero-order chi connectivity index (χ0) is 11.6. The summed E-state index contributed by atoms with van der Waals surface area (Å²) in [6.45, 7) is 7.16. The van der Waals surface area contributed by atoms with Crippen molar-refractivity contribution in [1.82, 2.24) is 10.2 Å². The van der Waals surface area contributed by atoms with E-state index in [9.17, 15) is 4.79 Å². The maximum Gasteiger partial charge on any atom is 0.240 e. The van der Waals surface area contributed by atoms with Crippen molar-refractivity contribution in [3.05, 3.63) is 0 Å². The molecule has 1 atom stereocenters. The van der Waals surface area contributed by atoms with Crippen molar-refractivity contribution in [3.63, 3.8) is 0 Å². The fourth-order valence-electron chi connectivity index (χ4n) is 2.52. The van der Waals surface area contributed by atoms with Crippen LogP contribution < -0.4 is 5.32 Å². The third-order valence-corrected chi connectivity index (χ3v) is 3.52. The van der Waals surface area contributed by atoms with Crippen LogP contribution in [0.15, 0.2) is 0 Å². The molecule has 2 aliphatic heterocycles. The van der Waals surface area contributed by atoms with Gasteiger partial charge in [0.25, 0.3) is 0 Å². The van der Waals surface area contributed by atoms with Gasteiger partial charge in [-0.05, 0) is 33.2 Å². The quantitative estimate of drug-likeness (QED) is 0.718. The van der Waals surface area contributed by atoms with Crippen molar-refractivity contribution in [2.75, 3.05) is 26.3 Å². The van der Waals surface area contributed by atoms with Gasteiger partial charge in [-0.1, -0.05) is 6.42 Å². The lowest BCUT2D eigenvalue weighted by molar-refractivity contribution is -0.149. The first-order valence-corrected chi connectivity index (χ1v) is 6.24. The van der Waals surface area contributed by atoms with Crippen molar-refractivity contribution in [2.24, 2.45) is 0 Å². The third-order valence-electron chi connectivity index (χ3n) is 3.52. The zero-order valence-corrected chi connectivity index (χ0v) is 10.3. The summed E-state index contributed by atoms with van der Waals surface area (Å²) < 4.78 is 5.44. The van der Waals surface area contributed by atoms with Gasteiger partial charge in [-0.2, -0.15) is 0 Å². The molecule has 1 unspecified atom stereocenters. The Morgan fingerprint density at radius 2 is 2.25 bits per heavy atom. The highest BCUT2D eigenvalue weighted by atomic mass is 16.5. The van der Waals surface area contributed by atoms with Crippen molar-refractivity contribution in [2.45, 2.75) is 44.7 Å². The number of piperidine rings is 1. The SMILES string of the molecule is CC1(C)COCCN1C(=O)C1CCCCN1. The molecular formula is C12H22N2O2. The van der Waals surface area contributed by atoms with Crippen molar-refractivity contribution >= 4 is 5.91 Å². The molecule has 1 N–H and O–H groups in total. The van der Waals surface area contributed by atoms with Crippen LogP contribution in [0.5, 0.6) is 0 Å². The van der Waals surface area contributed by atoms with Gasteiger partial charge in [0.05, 0.1) is 24.8 Å². The second-order valence-electron chi connectivity index (χ2n) is 5.36. The lowest BCUT2D eigenvalue weighted by Crippen LogP contribution is -2.60. The van der Waals surface area contributed by atoms with Gasteiger partial charge >= 0.3 is 0 Å². The summed E-state index contributed by atoms with van der Waals surface area (Å²) in [5.41, 5.74) is -0.158. The molecule has 2 aliphatic rings. The Bertz CT molecular complexity index is 260. The Morgan fingerprint density at radius 1 is 1.44 bits per heavy atom. The Morgan fingerprint density at radius 3 is 2.88 bits per heavy atom. The van der Waals surface area contributed by atoms with E-state index in [0.29, 0.717) is 13.2 Å². The summed E-state index contributed by atoms with van der Waals surface area (Å²) in [6.07, 6.45) is 3.33. The Balaban J connectivity index is 2.01. The highest BCUT2D eigenvalue weighted by Gasteiger charge is 2.37. The lowest BCUT2D eigenvalue weighted by Gasteiger charge is -2.44. The maximum atomic E-state index is 12.4. The van der Waals surface area contributed by atoms with Gasteiger partial charge in [0.15, 0.2) is 0 Å². The van der Waals surface area contributed by atoms with E-state index in [1.807, 2.05) is 4.90 Å². The third kappa shape index (κ3) is 2.38. The Labute approximate surface area is 97.3 Å². The van der Waals surface area contributed by atoms with Gasteiger partial charge in [0.1, 0.15) is 0 Å². The van der Waals surface area contributed by atoms with Gasteiger partial charge in [-0.25, -0.2) is 0 Å². The average molecular weight is 226 g/mol. The number of hydrogen-bond donors (Lipinski definition) is 1. The molecule has 16 heavy (non-hydrogen) atoms. The summed E-state index contributed by atoms with van der Waals surface area (Å²) in [5.74, 6) is 0.257. The van der Waals surface area contributed by atoms with Crippen LogP contribution >= 0.6 is 0 Å². The second-order valence-corrected chi connectivity index (χ2v) is 5.36. The fourth-order valence-corrected chi connectivity index (χ4v) is 2.52. The molecule has 0 radical (unpaired) electrons. The minimum atomic E-state index is -0.158. The molecule has 92 valence electrons. The van der Waals surface area contributed by atoms with E-state index in [4.69, 9.17) is 4.74 Å². The number of nitrogens with one attached hydrogen (secondary N) is 1. The van der Waals surface area contributed by atoms with Crippen LogP contribution in [0.25, 0.3) is 0 Å². The molecule has 0 aromatic carbocycles. The Kier molecular flexibility index (Phi) is 3.50. The summed E-state index contributed by atoms with van der Waals surface area (Å²) in [5, 5.41) is 3.32. The smallest absolute Gasteiger partial charge is 0.240 e. The van der Waals surface area contributed by atoms with Crippen LogP contribution in [0, 0.1) is 0 Å². The number of carbonyl (C=O) groups excluding carboxylic acids is 1. The van der Waals surface area contributed by atoms with Crippen molar-refractivity contribution in [1.29, 1.82) is 0 Å². The van der Waals surface area contributed by atoms with Crippen LogP contribution in [0.2, 0.25) is 0 Å². The molecule has 2 fully saturated rings. The normalized spacial score (nSPS) is 30.1. The zero-order valence-electron chi connectivity index (χ0n) is 10.3. The first-order valence-electron chi connectivity index (χ1n) is 6.24. The topological polar surface area (TPSA) is 41.6 Å². The van der Waals surface area contributed by atoms with E-state index in [2.05, 4.69) is 19.2 Å². The summed E-state index contributed by atoms with van der Waals surface area (Å²) in [6, 6.07) is 0.0334. The first-order chi connectivity index (χ1) is 7.61. The standard InChI is InChI=1S/C12H22N2O2/c1-12(2)9-16-8-7-14(12)11(15)10-5-3-4-6-13-10/h10,13H,3-9H2,1-2H3. The van der Waals surface area contributed by atoms with E-state index < -0.39 is 0 Å². The molecule has 0 aromatic rings. The summed E-state index contributed by atoms with van der Waals surface area (Å²) in [4.78, 5) is 14.4. The van der Waals surface area contributed by atoms with E-state index in [0.717, 1.165) is 25.9 Å². The molecular weight excluding hydrogens is 204 g/mol. The van der Waals surface area contributed by atoms with E-state index in [1.54, 1.807) is 0 Å². The maximum absolute atomic E-state index is 12.4. The van der Waals surface area contributed by atoms with E-state index in [-0.39, 0.29) is 17.5 Å². The predicted molar refractivity (Wildman–Crippen MR) is 62.3 cm³/mol. The minimum Gasteiger partial charge on any atom is -0.377 e. The van der Waals surface area contributed by atoms with Gasteiger partial charge in [-0.3, -0.25) is 4.79 Å². The summed E-state index contributed by atoms with van der Waals surface area (Å²) >= 11 is 0. The van der Waals surface area contributed by atoms with E-state index in [1.165, 1.54) is 6.42 Å².